The maximum absolute atomic E-state index is 6.48. The van der Waals surface area contributed by atoms with Crippen LogP contribution in [0.2, 0.25) is 0 Å². The van der Waals surface area contributed by atoms with Gasteiger partial charge in [0, 0.05) is 22.3 Å². The van der Waals surface area contributed by atoms with Crippen molar-refractivity contribution in [1.29, 1.82) is 0 Å². The monoisotopic (exact) mass is 549 g/mol. The van der Waals surface area contributed by atoms with Crippen LogP contribution in [-0.2, 0) is 0 Å². The molecule has 1 aliphatic rings. The molecule has 35 heavy (non-hydrogen) atoms. The highest BCUT2D eigenvalue weighted by Crippen LogP contribution is 2.46. The zero-order valence-electron chi connectivity index (χ0n) is 19.5. The lowest BCUT2D eigenvalue weighted by atomic mass is 10.0. The van der Waals surface area contributed by atoms with Gasteiger partial charge in [-0.05, 0) is 73.2 Å². The van der Waals surface area contributed by atoms with Gasteiger partial charge < -0.3 is 24.1 Å². The fourth-order valence-corrected chi connectivity index (χ4v) is 5.39. The van der Waals surface area contributed by atoms with Crippen molar-refractivity contribution in [3.8, 4) is 22.8 Å². The smallest absolute Gasteiger partial charge is 0.174 e. The zero-order valence-corrected chi connectivity index (χ0v) is 21.9. The first-order chi connectivity index (χ1) is 17.0. The molecule has 6 nitrogen and oxygen atoms in total. The number of aromatic nitrogens is 1. The number of methoxy groups -OCH3 is 2. The second-order valence-corrected chi connectivity index (χ2v) is 9.46. The molecule has 0 spiro atoms. The van der Waals surface area contributed by atoms with Crippen LogP contribution in [0.4, 0.5) is 5.69 Å². The lowest BCUT2D eigenvalue weighted by Gasteiger charge is -2.27. The summed E-state index contributed by atoms with van der Waals surface area (Å²) in [6.07, 6.45) is 1.78. The number of hydrogen-bond donors (Lipinski definition) is 1. The Labute approximate surface area is 218 Å². The third-order valence-corrected chi connectivity index (χ3v) is 7.02. The van der Waals surface area contributed by atoms with Crippen LogP contribution in [-0.4, -0.2) is 24.3 Å². The minimum absolute atomic E-state index is 0.226. The van der Waals surface area contributed by atoms with Gasteiger partial charge in [0.2, 0.25) is 0 Å². The van der Waals surface area contributed by atoms with Crippen molar-refractivity contribution in [1.82, 2.24) is 10.3 Å². The average Bonchev–Trinajstić information content (AvgIpc) is 3.48. The minimum Gasteiger partial charge on any atom is -0.497 e. The summed E-state index contributed by atoms with van der Waals surface area (Å²) in [6.45, 7) is 2.06. The van der Waals surface area contributed by atoms with E-state index < -0.39 is 0 Å². The minimum atomic E-state index is -0.294. The van der Waals surface area contributed by atoms with E-state index in [4.69, 9.17) is 26.1 Å². The van der Waals surface area contributed by atoms with Gasteiger partial charge in [-0.25, -0.2) is 0 Å². The van der Waals surface area contributed by atoms with Crippen molar-refractivity contribution in [2.24, 2.45) is 0 Å². The van der Waals surface area contributed by atoms with E-state index in [1.807, 2.05) is 53.4 Å². The fraction of sp³-hybridized carbons (Fsp3) is 0.185. The molecule has 2 atom stereocenters. The highest BCUT2D eigenvalue weighted by Gasteiger charge is 2.43. The number of hydrogen-bond acceptors (Lipinski definition) is 5. The van der Waals surface area contributed by atoms with E-state index >= 15 is 0 Å². The molecule has 1 N–H and O–H groups in total. The van der Waals surface area contributed by atoms with Gasteiger partial charge >= 0.3 is 0 Å². The molecule has 8 heteroatoms. The number of thiocarbonyl (C=S) groups is 1. The lowest BCUT2D eigenvalue weighted by molar-refractivity contribution is 0.392. The van der Waals surface area contributed by atoms with Gasteiger partial charge in [-0.3, -0.25) is 4.98 Å². The Bertz CT molecular complexity index is 1380. The van der Waals surface area contributed by atoms with Crippen molar-refractivity contribution in [2.45, 2.75) is 19.0 Å². The van der Waals surface area contributed by atoms with Crippen molar-refractivity contribution < 1.29 is 13.9 Å². The molecule has 0 saturated carbocycles. The number of nitrogens with zero attached hydrogens (tertiary/aromatic N) is 2. The molecule has 0 aliphatic carbocycles. The molecule has 0 amide bonds. The van der Waals surface area contributed by atoms with Gasteiger partial charge in [-0.1, -0.05) is 28.1 Å². The molecule has 178 valence electrons. The van der Waals surface area contributed by atoms with Crippen LogP contribution < -0.4 is 19.7 Å². The second-order valence-electron chi connectivity index (χ2n) is 8.22. The van der Waals surface area contributed by atoms with E-state index in [1.54, 1.807) is 20.4 Å². The van der Waals surface area contributed by atoms with Crippen LogP contribution >= 0.6 is 28.1 Å². The Balaban J connectivity index is 1.63. The summed E-state index contributed by atoms with van der Waals surface area (Å²) in [5, 5.41) is 4.01. The molecule has 4 aromatic rings. The Morgan fingerprint density at radius 1 is 1.03 bits per heavy atom. The third-order valence-electron chi connectivity index (χ3n) is 6.05. The quantitative estimate of drug-likeness (QED) is 0.271. The Hall–Kier alpha value is -3.36. The van der Waals surface area contributed by atoms with Crippen LogP contribution in [0.25, 0.3) is 11.3 Å². The summed E-state index contributed by atoms with van der Waals surface area (Å²) in [6, 6.07) is 21.2. The van der Waals surface area contributed by atoms with Crippen molar-refractivity contribution in [3.05, 3.63) is 94.4 Å². The van der Waals surface area contributed by atoms with Crippen LogP contribution in [0.5, 0.6) is 11.5 Å². The van der Waals surface area contributed by atoms with Crippen LogP contribution in [0, 0.1) is 6.92 Å². The number of pyridine rings is 1. The SMILES string of the molecule is COc1ccc(N2C(=S)N[C@H](c3ccccn3)[C@@H]2c2ccc(-c3ccc(C)cc3Br)o2)c(OC)c1. The number of ether oxygens (including phenoxy) is 2. The number of nitrogens with one attached hydrogen (secondary N) is 1. The molecule has 0 unspecified atom stereocenters. The Morgan fingerprint density at radius 3 is 2.60 bits per heavy atom. The van der Waals surface area contributed by atoms with E-state index in [9.17, 15) is 0 Å². The molecule has 3 heterocycles. The topological polar surface area (TPSA) is 59.8 Å². The van der Waals surface area contributed by atoms with Crippen molar-refractivity contribution >= 4 is 38.9 Å². The number of rotatable bonds is 6. The van der Waals surface area contributed by atoms with Crippen LogP contribution in [0.3, 0.4) is 0 Å². The summed E-state index contributed by atoms with van der Waals surface area (Å²) < 4.78 is 18.6. The molecule has 0 bridgehead atoms. The molecule has 0 radical (unpaired) electrons. The van der Waals surface area contributed by atoms with Crippen LogP contribution in [0.1, 0.15) is 29.1 Å². The van der Waals surface area contributed by atoms with E-state index in [0.29, 0.717) is 16.6 Å². The second kappa shape index (κ2) is 9.71. The number of furan rings is 1. The molecule has 5 rings (SSSR count). The maximum Gasteiger partial charge on any atom is 0.174 e. The number of benzene rings is 2. The Morgan fingerprint density at radius 2 is 1.89 bits per heavy atom. The average molecular weight is 550 g/mol. The summed E-state index contributed by atoms with van der Waals surface area (Å²) >= 11 is 9.51. The largest absolute Gasteiger partial charge is 0.497 e. The zero-order chi connectivity index (χ0) is 24.5. The number of halogens is 1. The van der Waals surface area contributed by atoms with Crippen molar-refractivity contribution in [3.63, 3.8) is 0 Å². The van der Waals surface area contributed by atoms with Gasteiger partial charge in [0.1, 0.15) is 29.1 Å². The molecular formula is C27H24BrN3O3S. The molecule has 1 fully saturated rings. The molecule has 2 aromatic heterocycles. The number of aryl methyl sites for hydroxylation is 1. The van der Waals surface area contributed by atoms with Crippen LogP contribution in [0.15, 0.2) is 81.8 Å². The molecule has 2 aromatic carbocycles. The molecule has 1 aliphatic heterocycles. The third kappa shape index (κ3) is 4.39. The number of anilines is 1. The lowest BCUT2D eigenvalue weighted by Crippen LogP contribution is -2.29. The van der Waals surface area contributed by atoms with E-state index in [1.165, 1.54) is 5.56 Å². The van der Waals surface area contributed by atoms with E-state index in [0.717, 1.165) is 32.9 Å². The van der Waals surface area contributed by atoms with Gasteiger partial charge in [-0.2, -0.15) is 0 Å². The van der Waals surface area contributed by atoms with Gasteiger partial charge in [-0.15, -0.1) is 0 Å². The normalized spacial score (nSPS) is 17.4. The summed E-state index contributed by atoms with van der Waals surface area (Å²) in [5.74, 6) is 2.87. The Kier molecular flexibility index (Phi) is 6.49. The first kappa shape index (κ1) is 23.4. The van der Waals surface area contributed by atoms with Gasteiger partial charge in [0.15, 0.2) is 5.11 Å². The molecule has 1 saturated heterocycles. The fourth-order valence-electron chi connectivity index (χ4n) is 4.36. The predicted molar refractivity (Wildman–Crippen MR) is 144 cm³/mol. The van der Waals surface area contributed by atoms with E-state index in [-0.39, 0.29) is 12.1 Å². The van der Waals surface area contributed by atoms with E-state index in [2.05, 4.69) is 51.4 Å². The predicted octanol–water partition coefficient (Wildman–Crippen LogP) is 6.61. The van der Waals surface area contributed by atoms with Gasteiger partial charge in [0.25, 0.3) is 0 Å². The highest BCUT2D eigenvalue weighted by molar-refractivity contribution is 9.10. The standard InChI is InChI=1S/C27H24BrN3O3S/c1-16-7-9-18(19(28)14-16)22-11-12-23(34-22)26-25(20-6-4-5-13-29-20)30-27(35)31(26)21-10-8-17(32-2)15-24(21)33-3/h4-15,25-26H,1-3H3,(H,30,35)/t25-,26+/m1/s1. The highest BCUT2D eigenvalue weighted by atomic mass is 79.9. The first-order valence-electron chi connectivity index (χ1n) is 11.1. The summed E-state index contributed by atoms with van der Waals surface area (Å²) in [7, 11) is 3.26. The summed E-state index contributed by atoms with van der Waals surface area (Å²) in [5.41, 5.74) is 3.83. The first-order valence-corrected chi connectivity index (χ1v) is 12.3. The summed E-state index contributed by atoms with van der Waals surface area (Å²) in [4.78, 5) is 6.64. The van der Waals surface area contributed by atoms with Gasteiger partial charge in [0.05, 0.1) is 31.6 Å². The molecular weight excluding hydrogens is 526 g/mol. The maximum atomic E-state index is 6.48. The van der Waals surface area contributed by atoms with Crippen molar-refractivity contribution in [2.75, 3.05) is 19.1 Å².